The van der Waals surface area contributed by atoms with Gasteiger partial charge < -0.3 is 0 Å². The first-order chi connectivity index (χ1) is 8.23. The molecule has 1 aliphatic carbocycles. The topological polar surface area (TPSA) is 0 Å². The Bertz CT molecular complexity index is 249. The molecule has 0 radical (unpaired) electrons. The van der Waals surface area contributed by atoms with Gasteiger partial charge in [0.05, 0.1) is 0 Å². The lowest BCUT2D eigenvalue weighted by atomic mass is 9.53. The lowest BCUT2D eigenvalue weighted by Gasteiger charge is -2.52. The molecule has 0 heterocycles. The fraction of sp³-hybridized carbons (Fsp3) is 1.00. The van der Waals surface area contributed by atoms with Crippen LogP contribution in [0.2, 0.25) is 0 Å². The predicted octanol–water partition coefficient (Wildman–Crippen LogP) is 6.06. The van der Waals surface area contributed by atoms with Gasteiger partial charge in [-0.15, -0.1) is 0 Å². The van der Waals surface area contributed by atoms with E-state index in [4.69, 9.17) is 0 Å². The molecule has 102 valence electrons. The number of hydrogen-bond acceptors (Lipinski definition) is 0. The van der Waals surface area contributed by atoms with Gasteiger partial charge in [0.2, 0.25) is 0 Å². The monoisotopic (exact) mass is 239 g/mol. The third-order valence-corrected chi connectivity index (χ3v) is 5.62. The van der Waals surface area contributed by atoms with E-state index in [1.54, 1.807) is 0 Å². The van der Waals surface area contributed by atoms with E-state index in [1.807, 2.05) is 0 Å². The van der Waals surface area contributed by atoms with Crippen LogP contribution in [0.5, 0.6) is 0 Å². The van der Waals surface area contributed by atoms with Crippen molar-refractivity contribution in [3.8, 4) is 0 Å². The van der Waals surface area contributed by atoms with E-state index in [0.717, 1.165) is 12.8 Å². The Morgan fingerprint density at radius 3 is 1.88 bits per heavy atom. The Morgan fingerprint density at radius 1 is 1.06 bits per heavy atom. The van der Waals surface area contributed by atoms with Crippen LogP contribution in [0.4, 0.5) is 0 Å². The summed E-state index contributed by atoms with van der Waals surface area (Å²) in [5, 5.41) is 0. The van der Waals surface area contributed by atoms with Gasteiger partial charge in [-0.3, -0.25) is 0 Å². The van der Waals surface area contributed by atoms with Crippen LogP contribution in [0.15, 0.2) is 0 Å². The maximum atomic E-state index is 9.18. The molecule has 1 atom stereocenters. The highest BCUT2D eigenvalue weighted by molar-refractivity contribution is 4.95. The Morgan fingerprint density at radius 2 is 1.53 bits per heavy atom. The highest BCUT2D eigenvalue weighted by atomic mass is 14.5. The first-order valence-corrected chi connectivity index (χ1v) is 7.73. The molecule has 0 aromatic heterocycles. The lowest BCUT2D eigenvalue weighted by Crippen LogP contribution is -2.43. The molecule has 1 aliphatic rings. The number of rotatable bonds is 4. The summed E-state index contributed by atoms with van der Waals surface area (Å²) >= 11 is 0. The van der Waals surface area contributed by atoms with E-state index in [9.17, 15) is 1.37 Å². The Balaban J connectivity index is 3.10. The van der Waals surface area contributed by atoms with E-state index < -0.39 is 0 Å². The molecule has 0 aromatic carbocycles. The first-order valence-electron chi connectivity index (χ1n) is 8.23. The molecule has 1 saturated carbocycles. The van der Waals surface area contributed by atoms with Crippen molar-refractivity contribution in [1.82, 2.24) is 0 Å². The van der Waals surface area contributed by atoms with Gasteiger partial charge in [-0.25, -0.2) is 0 Å². The van der Waals surface area contributed by atoms with E-state index in [1.165, 1.54) is 32.1 Å². The van der Waals surface area contributed by atoms with Crippen molar-refractivity contribution in [2.24, 2.45) is 22.6 Å². The first kappa shape index (κ1) is 13.4. The highest BCUT2D eigenvalue weighted by Crippen LogP contribution is 2.54. The van der Waals surface area contributed by atoms with Crippen LogP contribution in [0.1, 0.15) is 87.9 Å². The second-order valence-corrected chi connectivity index (χ2v) is 7.06. The zero-order valence-electron chi connectivity index (χ0n) is 14.0. The van der Waals surface area contributed by atoms with Crippen molar-refractivity contribution in [3.63, 3.8) is 0 Å². The standard InChI is InChI=1S/C17H34/c1-7-17(8-2,16(4,5)6)14(3)15-12-10-9-11-13-15/h14-15H,7-13H2,1-6H3/i14D. The van der Waals surface area contributed by atoms with Gasteiger partial charge in [0, 0.05) is 1.37 Å². The summed E-state index contributed by atoms with van der Waals surface area (Å²) in [4.78, 5) is 0. The Hall–Kier alpha value is 0. The second-order valence-electron chi connectivity index (χ2n) is 7.06. The molecule has 0 heteroatoms. The van der Waals surface area contributed by atoms with Crippen molar-refractivity contribution in [3.05, 3.63) is 0 Å². The Labute approximate surface area is 111 Å². The van der Waals surface area contributed by atoms with Crippen LogP contribution in [-0.4, -0.2) is 0 Å². The van der Waals surface area contributed by atoms with Gasteiger partial charge in [0.25, 0.3) is 0 Å². The van der Waals surface area contributed by atoms with Crippen LogP contribution in [-0.2, 0) is 0 Å². The molecular weight excluding hydrogens is 204 g/mol. The molecule has 1 unspecified atom stereocenters. The van der Waals surface area contributed by atoms with Gasteiger partial charge in [-0.1, -0.05) is 73.6 Å². The van der Waals surface area contributed by atoms with E-state index >= 15 is 0 Å². The van der Waals surface area contributed by atoms with E-state index in [-0.39, 0.29) is 16.7 Å². The maximum Gasteiger partial charge on any atom is 0.0309 e. The summed E-state index contributed by atoms with van der Waals surface area (Å²) in [5.41, 5.74) is 0.354. The molecule has 0 nitrogen and oxygen atoms in total. The average Bonchev–Trinajstić information content (AvgIpc) is 2.30. The average molecular weight is 239 g/mol. The quantitative estimate of drug-likeness (QED) is 0.560. The van der Waals surface area contributed by atoms with Crippen molar-refractivity contribution in [1.29, 1.82) is 0 Å². The predicted molar refractivity (Wildman–Crippen MR) is 78.2 cm³/mol. The van der Waals surface area contributed by atoms with Crippen LogP contribution in [0.3, 0.4) is 0 Å². The number of hydrogen-bond donors (Lipinski definition) is 0. The molecular formula is C17H34. The normalized spacial score (nSPS) is 24.2. The largest absolute Gasteiger partial charge is 0.0648 e. The smallest absolute Gasteiger partial charge is 0.0309 e. The third kappa shape index (κ3) is 2.88. The molecule has 1 fully saturated rings. The zero-order chi connectivity index (χ0) is 14.0. The summed E-state index contributed by atoms with van der Waals surface area (Å²) in [7, 11) is 0. The van der Waals surface area contributed by atoms with Crippen molar-refractivity contribution in [2.45, 2.75) is 86.5 Å². The van der Waals surface area contributed by atoms with Crippen LogP contribution >= 0.6 is 0 Å². The SMILES string of the molecule is [2H]C(C)(C1CCCCC1)C(CC)(CC)C(C)(C)C. The minimum atomic E-state index is -0.283. The fourth-order valence-corrected chi connectivity index (χ4v) is 4.39. The molecule has 17 heavy (non-hydrogen) atoms. The van der Waals surface area contributed by atoms with Crippen LogP contribution in [0, 0.1) is 22.6 Å². The summed E-state index contributed by atoms with van der Waals surface area (Å²) in [6.45, 7) is 13.9. The van der Waals surface area contributed by atoms with Gasteiger partial charge in [0.1, 0.15) is 0 Å². The molecule has 0 saturated heterocycles. The van der Waals surface area contributed by atoms with Crippen molar-refractivity contribution in [2.75, 3.05) is 0 Å². The highest BCUT2D eigenvalue weighted by Gasteiger charge is 2.45. The van der Waals surface area contributed by atoms with Crippen molar-refractivity contribution < 1.29 is 1.37 Å². The van der Waals surface area contributed by atoms with E-state index in [2.05, 4.69) is 41.5 Å². The lowest BCUT2D eigenvalue weighted by molar-refractivity contribution is -0.0233. The Kier molecular flexibility index (Phi) is 4.55. The minimum Gasteiger partial charge on any atom is -0.0648 e. The van der Waals surface area contributed by atoms with Crippen LogP contribution in [0.25, 0.3) is 0 Å². The van der Waals surface area contributed by atoms with Gasteiger partial charge in [0.15, 0.2) is 0 Å². The maximum absolute atomic E-state index is 9.18. The van der Waals surface area contributed by atoms with Crippen LogP contribution < -0.4 is 0 Å². The zero-order valence-corrected chi connectivity index (χ0v) is 13.0. The summed E-state index contributed by atoms with van der Waals surface area (Å²) in [5.74, 6) is 0.320. The second kappa shape index (κ2) is 5.76. The molecule has 0 aromatic rings. The van der Waals surface area contributed by atoms with Gasteiger partial charge >= 0.3 is 0 Å². The van der Waals surface area contributed by atoms with Crippen molar-refractivity contribution >= 4 is 0 Å². The van der Waals surface area contributed by atoms with Gasteiger partial charge in [-0.05, 0) is 35.5 Å². The summed E-state index contributed by atoms with van der Waals surface area (Å²) in [6.07, 6.45) is 8.87. The molecule has 0 spiro atoms. The minimum absolute atomic E-state index is 0.141. The van der Waals surface area contributed by atoms with E-state index in [0.29, 0.717) is 5.92 Å². The summed E-state index contributed by atoms with van der Waals surface area (Å²) < 4.78 is 9.18. The van der Waals surface area contributed by atoms with Gasteiger partial charge in [-0.2, -0.15) is 0 Å². The molecule has 0 N–H and O–H groups in total. The molecule has 0 bridgehead atoms. The summed E-state index contributed by atoms with van der Waals surface area (Å²) in [6, 6.07) is 0. The molecule has 1 rings (SSSR count). The third-order valence-electron chi connectivity index (χ3n) is 5.62. The molecule has 0 aliphatic heterocycles. The fourth-order valence-electron chi connectivity index (χ4n) is 4.39. The molecule has 0 amide bonds.